The second kappa shape index (κ2) is 4.07. The van der Waals surface area contributed by atoms with Crippen LogP contribution in [0.3, 0.4) is 0 Å². The lowest BCUT2D eigenvalue weighted by atomic mass is 10.1. The van der Waals surface area contributed by atoms with Crippen molar-refractivity contribution in [1.82, 2.24) is 0 Å². The molecule has 1 N–H and O–H groups in total. The molecule has 1 aromatic carbocycles. The first-order chi connectivity index (χ1) is 7.76. The van der Waals surface area contributed by atoms with E-state index in [9.17, 15) is 13.6 Å². The number of aliphatic carboxylic acids is 1. The third-order valence-electron chi connectivity index (χ3n) is 2.68. The minimum absolute atomic E-state index is 0.0901. The van der Waals surface area contributed by atoms with Crippen molar-refractivity contribution in [2.24, 2.45) is 5.92 Å². The standard InChI is InChI=1S/C10H5BrCl2F2O2/c11-5-2-3(14)1-4(8(5)15)6-7(9(16)17)10(6,12)13/h1-2,6-7H,(H,16,17). The topological polar surface area (TPSA) is 37.3 Å². The van der Waals surface area contributed by atoms with Crippen LogP contribution in [0.2, 0.25) is 0 Å². The highest BCUT2D eigenvalue weighted by molar-refractivity contribution is 9.10. The van der Waals surface area contributed by atoms with E-state index in [1.54, 1.807) is 0 Å². The smallest absolute Gasteiger partial charge is 0.310 e. The van der Waals surface area contributed by atoms with Crippen molar-refractivity contribution in [1.29, 1.82) is 0 Å². The normalized spacial score (nSPS) is 25.7. The molecule has 2 unspecified atom stereocenters. The summed E-state index contributed by atoms with van der Waals surface area (Å²) in [5, 5.41) is 8.85. The number of benzene rings is 1. The average Bonchev–Trinajstić information content (AvgIpc) is 2.75. The van der Waals surface area contributed by atoms with E-state index in [0.29, 0.717) is 0 Å². The van der Waals surface area contributed by atoms with E-state index >= 15 is 0 Å². The summed E-state index contributed by atoms with van der Waals surface area (Å²) in [7, 11) is 0. The van der Waals surface area contributed by atoms with Crippen LogP contribution >= 0.6 is 39.1 Å². The summed E-state index contributed by atoms with van der Waals surface area (Å²) in [6.45, 7) is 0. The number of rotatable bonds is 2. The summed E-state index contributed by atoms with van der Waals surface area (Å²) >= 11 is 14.4. The first-order valence-electron chi connectivity index (χ1n) is 4.52. The fourth-order valence-corrected chi connectivity index (χ4v) is 3.07. The Kier molecular flexibility index (Phi) is 3.13. The lowest BCUT2D eigenvalue weighted by molar-refractivity contribution is -0.138. The van der Waals surface area contributed by atoms with Gasteiger partial charge in [0, 0.05) is 5.92 Å². The molecule has 7 heteroatoms. The van der Waals surface area contributed by atoms with Crippen molar-refractivity contribution in [3.8, 4) is 0 Å². The molecule has 0 spiro atoms. The number of carbonyl (C=O) groups is 1. The van der Waals surface area contributed by atoms with E-state index in [0.717, 1.165) is 12.1 Å². The summed E-state index contributed by atoms with van der Waals surface area (Å²) in [6.07, 6.45) is 0. The molecule has 1 saturated carbocycles. The SMILES string of the molecule is O=C(O)C1C(c2cc(F)cc(Br)c2F)C1(Cl)Cl. The largest absolute Gasteiger partial charge is 0.481 e. The summed E-state index contributed by atoms with van der Waals surface area (Å²) in [4.78, 5) is 10.8. The number of hydrogen-bond acceptors (Lipinski definition) is 1. The van der Waals surface area contributed by atoms with E-state index in [-0.39, 0.29) is 10.0 Å². The molecule has 1 aliphatic rings. The number of carboxylic acid groups (broad SMARTS) is 1. The van der Waals surface area contributed by atoms with Crippen LogP contribution in [0.5, 0.6) is 0 Å². The monoisotopic (exact) mass is 344 g/mol. The Labute approximate surface area is 114 Å². The highest BCUT2D eigenvalue weighted by atomic mass is 79.9. The molecule has 2 rings (SSSR count). The predicted octanol–water partition coefficient (Wildman–Crippen LogP) is 3.70. The lowest BCUT2D eigenvalue weighted by Gasteiger charge is -2.04. The Hall–Kier alpha value is -0.390. The molecule has 0 aromatic heterocycles. The third-order valence-corrected chi connectivity index (χ3v) is 4.19. The Morgan fingerprint density at radius 1 is 1.41 bits per heavy atom. The molecule has 2 atom stereocenters. The van der Waals surface area contributed by atoms with Gasteiger partial charge in [0.1, 0.15) is 21.9 Å². The molecular weight excluding hydrogens is 341 g/mol. The van der Waals surface area contributed by atoms with Gasteiger partial charge in [-0.2, -0.15) is 0 Å². The van der Waals surface area contributed by atoms with Crippen LogP contribution in [0.1, 0.15) is 11.5 Å². The molecule has 1 aromatic rings. The first kappa shape index (κ1) is 13.1. The van der Waals surface area contributed by atoms with Crippen molar-refractivity contribution in [3.05, 3.63) is 33.8 Å². The van der Waals surface area contributed by atoms with E-state index in [1.165, 1.54) is 0 Å². The van der Waals surface area contributed by atoms with Crippen LogP contribution < -0.4 is 0 Å². The van der Waals surface area contributed by atoms with E-state index < -0.39 is 33.8 Å². The maximum Gasteiger partial charge on any atom is 0.310 e. The van der Waals surface area contributed by atoms with E-state index in [1.807, 2.05) is 0 Å². The van der Waals surface area contributed by atoms with Crippen LogP contribution in [0.25, 0.3) is 0 Å². The van der Waals surface area contributed by atoms with Crippen LogP contribution in [0, 0.1) is 17.6 Å². The van der Waals surface area contributed by atoms with Crippen molar-refractivity contribution >= 4 is 45.1 Å². The maximum atomic E-state index is 13.7. The Morgan fingerprint density at radius 3 is 2.47 bits per heavy atom. The summed E-state index contributed by atoms with van der Waals surface area (Å²) in [6, 6.07) is 1.86. The van der Waals surface area contributed by atoms with E-state index in [4.69, 9.17) is 28.3 Å². The Balaban J connectivity index is 2.47. The zero-order valence-electron chi connectivity index (χ0n) is 8.05. The highest BCUT2D eigenvalue weighted by Gasteiger charge is 2.69. The first-order valence-corrected chi connectivity index (χ1v) is 6.06. The van der Waals surface area contributed by atoms with Gasteiger partial charge in [-0.25, -0.2) is 8.78 Å². The molecule has 0 heterocycles. The zero-order chi connectivity index (χ0) is 13.0. The fraction of sp³-hybridized carbons (Fsp3) is 0.300. The summed E-state index contributed by atoms with van der Waals surface area (Å²) in [5.74, 6) is -4.75. The van der Waals surface area contributed by atoms with Crippen molar-refractivity contribution in [2.75, 3.05) is 0 Å². The minimum Gasteiger partial charge on any atom is -0.481 e. The number of hydrogen-bond donors (Lipinski definition) is 1. The Morgan fingerprint density at radius 2 is 2.00 bits per heavy atom. The molecule has 0 radical (unpaired) electrons. The molecule has 92 valence electrons. The predicted molar refractivity (Wildman–Crippen MR) is 62.4 cm³/mol. The molecule has 0 aliphatic heterocycles. The fourth-order valence-electron chi connectivity index (χ4n) is 1.82. The van der Waals surface area contributed by atoms with Gasteiger partial charge >= 0.3 is 5.97 Å². The second-order valence-corrected chi connectivity index (χ2v) is 6.06. The van der Waals surface area contributed by atoms with Gasteiger partial charge in [-0.15, -0.1) is 0 Å². The zero-order valence-corrected chi connectivity index (χ0v) is 11.2. The van der Waals surface area contributed by atoms with Gasteiger partial charge in [-0.3, -0.25) is 4.79 Å². The van der Waals surface area contributed by atoms with Crippen LogP contribution in [0.15, 0.2) is 16.6 Å². The highest BCUT2D eigenvalue weighted by Crippen LogP contribution is 2.65. The number of halogens is 5. The quantitative estimate of drug-likeness (QED) is 0.655. The second-order valence-electron chi connectivity index (χ2n) is 3.76. The van der Waals surface area contributed by atoms with Crippen LogP contribution in [-0.4, -0.2) is 15.4 Å². The molecule has 1 aliphatic carbocycles. The molecule has 17 heavy (non-hydrogen) atoms. The summed E-state index contributed by atoms with van der Waals surface area (Å²) in [5.41, 5.74) is -0.130. The third kappa shape index (κ3) is 2.04. The number of alkyl halides is 2. The van der Waals surface area contributed by atoms with E-state index in [2.05, 4.69) is 15.9 Å². The Bertz CT molecular complexity index is 507. The average molecular weight is 346 g/mol. The van der Waals surface area contributed by atoms with Crippen molar-refractivity contribution in [3.63, 3.8) is 0 Å². The van der Waals surface area contributed by atoms with Crippen LogP contribution in [0.4, 0.5) is 8.78 Å². The van der Waals surface area contributed by atoms with Gasteiger partial charge < -0.3 is 5.11 Å². The van der Waals surface area contributed by atoms with Gasteiger partial charge in [0.15, 0.2) is 0 Å². The molecule has 0 bridgehead atoms. The van der Waals surface area contributed by atoms with Gasteiger partial charge in [0.05, 0.1) is 4.47 Å². The van der Waals surface area contributed by atoms with Crippen molar-refractivity contribution in [2.45, 2.75) is 10.3 Å². The van der Waals surface area contributed by atoms with Gasteiger partial charge in [0.25, 0.3) is 0 Å². The molecular formula is C10H5BrCl2F2O2. The molecule has 2 nitrogen and oxygen atoms in total. The van der Waals surface area contributed by atoms with Gasteiger partial charge in [-0.1, -0.05) is 23.2 Å². The van der Waals surface area contributed by atoms with Gasteiger partial charge in [0.2, 0.25) is 0 Å². The molecule has 0 amide bonds. The minimum atomic E-state index is -1.60. The van der Waals surface area contributed by atoms with Crippen molar-refractivity contribution < 1.29 is 18.7 Å². The molecule has 1 fully saturated rings. The van der Waals surface area contributed by atoms with Gasteiger partial charge in [-0.05, 0) is 33.6 Å². The number of carboxylic acids is 1. The molecule has 0 saturated heterocycles. The maximum absolute atomic E-state index is 13.7. The van der Waals surface area contributed by atoms with Crippen LogP contribution in [-0.2, 0) is 4.79 Å². The summed E-state index contributed by atoms with van der Waals surface area (Å²) < 4.78 is 25.2. The lowest BCUT2D eigenvalue weighted by Crippen LogP contribution is -2.03.